The van der Waals surface area contributed by atoms with Crippen molar-refractivity contribution in [1.82, 2.24) is 5.32 Å². The lowest BCUT2D eigenvalue weighted by Gasteiger charge is -2.20. The molecular formula is C23H24N2O4S. The molecule has 0 fully saturated rings. The highest BCUT2D eigenvalue weighted by Gasteiger charge is 2.22. The molecule has 1 amide bonds. The molecule has 0 saturated heterocycles. The van der Waals surface area contributed by atoms with Crippen molar-refractivity contribution in [2.75, 3.05) is 18.5 Å². The van der Waals surface area contributed by atoms with E-state index in [1.54, 1.807) is 37.4 Å². The van der Waals surface area contributed by atoms with Gasteiger partial charge in [-0.3, -0.25) is 9.10 Å². The number of nitrogens with zero attached hydrogens (tertiary/aromatic N) is 1. The molecule has 3 aromatic rings. The predicted molar refractivity (Wildman–Crippen MR) is 117 cm³/mol. The van der Waals surface area contributed by atoms with Crippen LogP contribution < -0.4 is 14.4 Å². The zero-order valence-corrected chi connectivity index (χ0v) is 17.9. The number of rotatable bonds is 7. The van der Waals surface area contributed by atoms with Crippen molar-refractivity contribution in [3.63, 3.8) is 0 Å². The van der Waals surface area contributed by atoms with Gasteiger partial charge in [0.2, 0.25) is 0 Å². The first kappa shape index (κ1) is 21.4. The predicted octanol–water partition coefficient (Wildman–Crippen LogP) is 3.76. The number of methoxy groups -OCH3 is 1. The summed E-state index contributed by atoms with van der Waals surface area (Å²) in [5.74, 6) is 0.391. The maximum absolute atomic E-state index is 13.0. The summed E-state index contributed by atoms with van der Waals surface area (Å²) in [4.78, 5) is 12.6. The number of ether oxygens (including phenoxy) is 1. The molecule has 0 bridgehead atoms. The Kier molecular flexibility index (Phi) is 6.42. The van der Waals surface area contributed by atoms with E-state index in [1.165, 1.54) is 23.5 Å². The van der Waals surface area contributed by atoms with Crippen LogP contribution in [0.5, 0.6) is 5.75 Å². The van der Waals surface area contributed by atoms with Crippen LogP contribution in [0.25, 0.3) is 0 Å². The second kappa shape index (κ2) is 9.00. The molecule has 156 valence electrons. The molecular weight excluding hydrogens is 400 g/mol. The molecule has 1 N–H and O–H groups in total. The van der Waals surface area contributed by atoms with Gasteiger partial charge in [-0.05, 0) is 60.5 Å². The van der Waals surface area contributed by atoms with Crippen molar-refractivity contribution in [1.29, 1.82) is 0 Å². The average molecular weight is 425 g/mol. The third kappa shape index (κ3) is 4.80. The lowest BCUT2D eigenvalue weighted by molar-refractivity contribution is 0.0950. The van der Waals surface area contributed by atoms with Crippen LogP contribution in [0.1, 0.15) is 21.5 Å². The first-order valence-electron chi connectivity index (χ1n) is 9.38. The van der Waals surface area contributed by atoms with E-state index in [1.807, 2.05) is 37.3 Å². The summed E-state index contributed by atoms with van der Waals surface area (Å²) < 4.78 is 32.4. The lowest BCUT2D eigenvalue weighted by Crippen LogP contribution is -2.27. The molecule has 0 aliphatic heterocycles. The van der Waals surface area contributed by atoms with Crippen LogP contribution in [0.15, 0.2) is 77.7 Å². The Labute approximate surface area is 177 Å². The highest BCUT2D eigenvalue weighted by molar-refractivity contribution is 7.92. The summed E-state index contributed by atoms with van der Waals surface area (Å²) in [6, 6.07) is 20.6. The SMILES string of the molecule is COc1ccc(CNC(=O)c2cccc(S(=O)(=O)N(C)c3cccc(C)c3)c2)cc1. The van der Waals surface area contributed by atoms with Crippen molar-refractivity contribution in [3.8, 4) is 5.75 Å². The Morgan fingerprint density at radius 1 is 1.00 bits per heavy atom. The van der Waals surface area contributed by atoms with E-state index < -0.39 is 10.0 Å². The third-order valence-corrected chi connectivity index (χ3v) is 6.51. The van der Waals surface area contributed by atoms with Gasteiger partial charge in [-0.2, -0.15) is 0 Å². The Bertz CT molecular complexity index is 1140. The molecule has 0 aromatic heterocycles. The van der Waals surface area contributed by atoms with E-state index in [0.717, 1.165) is 16.9 Å². The molecule has 0 unspecified atom stereocenters. The maximum atomic E-state index is 13.0. The number of anilines is 1. The minimum Gasteiger partial charge on any atom is -0.497 e. The van der Waals surface area contributed by atoms with E-state index in [0.29, 0.717) is 12.2 Å². The molecule has 6 nitrogen and oxygen atoms in total. The minimum atomic E-state index is -3.80. The van der Waals surface area contributed by atoms with Crippen molar-refractivity contribution in [3.05, 3.63) is 89.5 Å². The van der Waals surface area contributed by atoms with E-state index in [2.05, 4.69) is 5.32 Å². The molecule has 3 rings (SSSR count). The van der Waals surface area contributed by atoms with Gasteiger partial charge in [0.25, 0.3) is 15.9 Å². The number of sulfonamides is 1. The van der Waals surface area contributed by atoms with Crippen LogP contribution >= 0.6 is 0 Å². The van der Waals surface area contributed by atoms with Gasteiger partial charge in [0.05, 0.1) is 17.7 Å². The van der Waals surface area contributed by atoms with Crippen LogP contribution in [-0.2, 0) is 16.6 Å². The van der Waals surface area contributed by atoms with Gasteiger partial charge in [0, 0.05) is 19.2 Å². The Balaban J connectivity index is 1.76. The maximum Gasteiger partial charge on any atom is 0.264 e. The van der Waals surface area contributed by atoms with Gasteiger partial charge in [-0.15, -0.1) is 0 Å². The molecule has 0 atom stereocenters. The lowest BCUT2D eigenvalue weighted by atomic mass is 10.2. The number of hydrogen-bond acceptors (Lipinski definition) is 4. The van der Waals surface area contributed by atoms with E-state index in [-0.39, 0.29) is 16.4 Å². The van der Waals surface area contributed by atoms with Gasteiger partial charge in [0.1, 0.15) is 5.75 Å². The fraction of sp³-hybridized carbons (Fsp3) is 0.174. The van der Waals surface area contributed by atoms with Gasteiger partial charge >= 0.3 is 0 Å². The summed E-state index contributed by atoms with van der Waals surface area (Å²) >= 11 is 0. The third-order valence-electron chi connectivity index (χ3n) is 4.73. The summed E-state index contributed by atoms with van der Waals surface area (Å²) in [6.07, 6.45) is 0. The van der Waals surface area contributed by atoms with Crippen molar-refractivity contribution in [2.24, 2.45) is 0 Å². The number of carbonyl (C=O) groups is 1. The second-order valence-electron chi connectivity index (χ2n) is 6.87. The molecule has 0 heterocycles. The summed E-state index contributed by atoms with van der Waals surface area (Å²) in [5, 5.41) is 2.81. The van der Waals surface area contributed by atoms with Crippen LogP contribution in [0.2, 0.25) is 0 Å². The van der Waals surface area contributed by atoms with E-state index in [9.17, 15) is 13.2 Å². The molecule has 0 spiro atoms. The Morgan fingerprint density at radius 3 is 2.37 bits per heavy atom. The number of hydrogen-bond donors (Lipinski definition) is 1. The molecule has 0 radical (unpaired) electrons. The fourth-order valence-electron chi connectivity index (χ4n) is 2.95. The molecule has 30 heavy (non-hydrogen) atoms. The number of benzene rings is 3. The minimum absolute atomic E-state index is 0.0589. The van der Waals surface area contributed by atoms with Gasteiger partial charge in [-0.1, -0.05) is 30.3 Å². The summed E-state index contributed by atoms with van der Waals surface area (Å²) in [7, 11) is -0.708. The number of amides is 1. The number of nitrogens with one attached hydrogen (secondary N) is 1. The van der Waals surface area contributed by atoms with Crippen molar-refractivity contribution >= 4 is 21.6 Å². The van der Waals surface area contributed by atoms with Crippen LogP contribution in [0.4, 0.5) is 5.69 Å². The van der Waals surface area contributed by atoms with Gasteiger partial charge in [0.15, 0.2) is 0 Å². The molecule has 0 aliphatic carbocycles. The van der Waals surface area contributed by atoms with Crippen molar-refractivity contribution < 1.29 is 17.9 Å². The quantitative estimate of drug-likeness (QED) is 0.627. The summed E-state index contributed by atoms with van der Waals surface area (Å²) in [6.45, 7) is 2.22. The normalized spacial score (nSPS) is 11.0. The van der Waals surface area contributed by atoms with Crippen LogP contribution in [0.3, 0.4) is 0 Å². The van der Waals surface area contributed by atoms with Crippen LogP contribution in [-0.4, -0.2) is 28.5 Å². The first-order valence-corrected chi connectivity index (χ1v) is 10.8. The zero-order valence-electron chi connectivity index (χ0n) is 17.1. The van der Waals surface area contributed by atoms with E-state index >= 15 is 0 Å². The van der Waals surface area contributed by atoms with Gasteiger partial charge in [-0.25, -0.2) is 8.42 Å². The first-order chi connectivity index (χ1) is 14.3. The molecule has 0 aliphatic rings. The highest BCUT2D eigenvalue weighted by atomic mass is 32.2. The largest absolute Gasteiger partial charge is 0.497 e. The standard InChI is InChI=1S/C23H24N2O4S/c1-17-6-4-8-20(14-17)25(2)30(27,28)22-9-5-7-19(15-22)23(26)24-16-18-10-12-21(29-3)13-11-18/h4-15H,16H2,1-3H3,(H,24,26). The number of aryl methyl sites for hydroxylation is 1. The van der Waals surface area contributed by atoms with Crippen molar-refractivity contribution in [2.45, 2.75) is 18.4 Å². The number of carbonyl (C=O) groups excluding carboxylic acids is 1. The van der Waals surface area contributed by atoms with Crippen LogP contribution in [0, 0.1) is 6.92 Å². The second-order valence-corrected chi connectivity index (χ2v) is 8.84. The zero-order chi connectivity index (χ0) is 21.7. The fourth-order valence-corrected chi connectivity index (χ4v) is 4.18. The highest BCUT2D eigenvalue weighted by Crippen LogP contribution is 2.23. The van der Waals surface area contributed by atoms with E-state index in [4.69, 9.17) is 4.74 Å². The summed E-state index contributed by atoms with van der Waals surface area (Å²) in [5.41, 5.74) is 2.71. The average Bonchev–Trinajstić information content (AvgIpc) is 2.77. The topological polar surface area (TPSA) is 75.7 Å². The molecule has 7 heteroatoms. The Hall–Kier alpha value is -3.32. The smallest absolute Gasteiger partial charge is 0.264 e. The molecule has 0 saturated carbocycles. The van der Waals surface area contributed by atoms with Gasteiger partial charge < -0.3 is 10.1 Å². The monoisotopic (exact) mass is 424 g/mol. The Morgan fingerprint density at radius 2 is 1.70 bits per heavy atom. The molecule has 3 aromatic carbocycles.